The summed E-state index contributed by atoms with van der Waals surface area (Å²) in [5.41, 5.74) is 2.30. The van der Waals surface area contributed by atoms with Crippen molar-refractivity contribution in [3.8, 4) is 0 Å². The summed E-state index contributed by atoms with van der Waals surface area (Å²) >= 11 is 0. The zero-order valence-electron chi connectivity index (χ0n) is 10.9. The molecule has 94 valence electrons. The summed E-state index contributed by atoms with van der Waals surface area (Å²) in [6.07, 6.45) is 3.26. The van der Waals surface area contributed by atoms with E-state index in [2.05, 4.69) is 13.0 Å². The molecule has 0 aliphatic carbocycles. The number of benzene rings is 1. The van der Waals surface area contributed by atoms with E-state index in [0.29, 0.717) is 19.4 Å². The Bertz CT molecular complexity index is 345. The van der Waals surface area contributed by atoms with Crippen LogP contribution >= 0.6 is 0 Å². The van der Waals surface area contributed by atoms with Crippen LogP contribution in [-0.2, 0) is 16.0 Å². The topological polar surface area (TPSA) is 26.3 Å². The Labute approximate surface area is 104 Å². The SMILES string of the molecule is CCCCOCCC(=O)Cc1cccc(C)c1. The molecule has 0 aromatic heterocycles. The van der Waals surface area contributed by atoms with Gasteiger partial charge in [0.2, 0.25) is 0 Å². The number of hydrogen-bond donors (Lipinski definition) is 0. The van der Waals surface area contributed by atoms with Crippen LogP contribution in [0.1, 0.15) is 37.3 Å². The molecule has 0 saturated heterocycles. The van der Waals surface area contributed by atoms with Crippen LogP contribution in [0.4, 0.5) is 0 Å². The van der Waals surface area contributed by atoms with E-state index in [4.69, 9.17) is 4.74 Å². The molecule has 2 nitrogen and oxygen atoms in total. The Morgan fingerprint density at radius 2 is 2.12 bits per heavy atom. The van der Waals surface area contributed by atoms with Crippen molar-refractivity contribution in [3.05, 3.63) is 35.4 Å². The lowest BCUT2D eigenvalue weighted by molar-refractivity contribution is -0.119. The Morgan fingerprint density at radius 3 is 2.82 bits per heavy atom. The molecular weight excluding hydrogens is 212 g/mol. The Hall–Kier alpha value is -1.15. The third-order valence-electron chi connectivity index (χ3n) is 2.65. The number of unbranched alkanes of at least 4 members (excludes halogenated alkanes) is 1. The zero-order chi connectivity index (χ0) is 12.5. The average Bonchev–Trinajstić information content (AvgIpc) is 2.29. The quantitative estimate of drug-likeness (QED) is 0.645. The molecule has 0 heterocycles. The Morgan fingerprint density at radius 1 is 1.29 bits per heavy atom. The number of rotatable bonds is 8. The Balaban J connectivity index is 2.21. The number of carbonyl (C=O) groups excluding carboxylic acids is 1. The molecule has 0 aliphatic rings. The monoisotopic (exact) mass is 234 g/mol. The number of carbonyl (C=O) groups is 1. The van der Waals surface area contributed by atoms with Crippen LogP contribution < -0.4 is 0 Å². The fourth-order valence-electron chi connectivity index (χ4n) is 1.67. The summed E-state index contributed by atoms with van der Waals surface area (Å²) in [6.45, 7) is 5.51. The van der Waals surface area contributed by atoms with Crippen molar-refractivity contribution >= 4 is 5.78 Å². The van der Waals surface area contributed by atoms with Crippen molar-refractivity contribution in [2.45, 2.75) is 39.5 Å². The highest BCUT2D eigenvalue weighted by atomic mass is 16.5. The fourth-order valence-corrected chi connectivity index (χ4v) is 1.67. The minimum Gasteiger partial charge on any atom is -0.381 e. The van der Waals surface area contributed by atoms with Crippen LogP contribution in [0.5, 0.6) is 0 Å². The molecule has 1 aromatic carbocycles. The molecule has 0 radical (unpaired) electrons. The first-order valence-electron chi connectivity index (χ1n) is 6.37. The molecule has 0 atom stereocenters. The largest absolute Gasteiger partial charge is 0.381 e. The molecule has 1 aromatic rings. The summed E-state index contributed by atoms with van der Waals surface area (Å²) in [7, 11) is 0. The molecule has 2 heteroatoms. The molecule has 0 unspecified atom stereocenters. The van der Waals surface area contributed by atoms with Crippen LogP contribution in [0.3, 0.4) is 0 Å². The highest BCUT2D eigenvalue weighted by molar-refractivity contribution is 5.80. The third-order valence-corrected chi connectivity index (χ3v) is 2.65. The van der Waals surface area contributed by atoms with Crippen LogP contribution in [0.15, 0.2) is 24.3 Å². The van der Waals surface area contributed by atoms with Crippen LogP contribution in [0.25, 0.3) is 0 Å². The first-order valence-corrected chi connectivity index (χ1v) is 6.37. The van der Waals surface area contributed by atoms with Crippen molar-refractivity contribution in [1.82, 2.24) is 0 Å². The number of hydrogen-bond acceptors (Lipinski definition) is 2. The maximum absolute atomic E-state index is 11.7. The van der Waals surface area contributed by atoms with Gasteiger partial charge in [-0.25, -0.2) is 0 Å². The van der Waals surface area contributed by atoms with Crippen molar-refractivity contribution in [2.75, 3.05) is 13.2 Å². The molecule has 0 bridgehead atoms. The van der Waals surface area contributed by atoms with Gasteiger partial charge in [-0.2, -0.15) is 0 Å². The summed E-state index contributed by atoms with van der Waals surface area (Å²) in [5, 5.41) is 0. The predicted molar refractivity (Wildman–Crippen MR) is 70.2 cm³/mol. The third kappa shape index (κ3) is 6.22. The second kappa shape index (κ2) is 8.02. The van der Waals surface area contributed by atoms with Gasteiger partial charge in [0.1, 0.15) is 5.78 Å². The van der Waals surface area contributed by atoms with Gasteiger partial charge in [0.25, 0.3) is 0 Å². The summed E-state index contributed by atoms with van der Waals surface area (Å²) in [4.78, 5) is 11.7. The van der Waals surface area contributed by atoms with E-state index < -0.39 is 0 Å². The summed E-state index contributed by atoms with van der Waals surface area (Å²) in [6, 6.07) is 8.11. The second-order valence-corrected chi connectivity index (χ2v) is 4.42. The van der Waals surface area contributed by atoms with E-state index in [0.717, 1.165) is 25.0 Å². The van der Waals surface area contributed by atoms with Crippen molar-refractivity contribution in [3.63, 3.8) is 0 Å². The normalized spacial score (nSPS) is 10.5. The minimum absolute atomic E-state index is 0.257. The van der Waals surface area contributed by atoms with Gasteiger partial charge >= 0.3 is 0 Å². The van der Waals surface area contributed by atoms with Crippen molar-refractivity contribution in [2.24, 2.45) is 0 Å². The van der Waals surface area contributed by atoms with Gasteiger partial charge in [-0.15, -0.1) is 0 Å². The molecule has 0 spiro atoms. The zero-order valence-corrected chi connectivity index (χ0v) is 10.9. The van der Waals surface area contributed by atoms with E-state index >= 15 is 0 Å². The standard InChI is InChI=1S/C15H22O2/c1-3-4-9-17-10-8-15(16)12-14-7-5-6-13(2)11-14/h5-7,11H,3-4,8-10,12H2,1-2H3. The predicted octanol–water partition coefficient (Wildman–Crippen LogP) is 3.31. The molecule has 0 amide bonds. The average molecular weight is 234 g/mol. The fraction of sp³-hybridized carbons (Fsp3) is 0.533. The van der Waals surface area contributed by atoms with E-state index in [9.17, 15) is 4.79 Å². The maximum Gasteiger partial charge on any atom is 0.139 e. The van der Waals surface area contributed by atoms with Gasteiger partial charge < -0.3 is 4.74 Å². The number of aryl methyl sites for hydroxylation is 1. The van der Waals surface area contributed by atoms with E-state index in [-0.39, 0.29) is 5.78 Å². The summed E-state index contributed by atoms with van der Waals surface area (Å²) in [5.74, 6) is 0.257. The Kier molecular flexibility index (Phi) is 6.56. The molecule has 0 N–H and O–H groups in total. The lowest BCUT2D eigenvalue weighted by Gasteiger charge is -2.04. The molecule has 0 aliphatic heterocycles. The molecule has 0 fully saturated rings. The number of ketones is 1. The van der Waals surface area contributed by atoms with Gasteiger partial charge in [0, 0.05) is 19.4 Å². The van der Waals surface area contributed by atoms with Crippen LogP contribution in [0.2, 0.25) is 0 Å². The lowest BCUT2D eigenvalue weighted by atomic mass is 10.1. The molecular formula is C15H22O2. The second-order valence-electron chi connectivity index (χ2n) is 4.42. The van der Waals surface area contributed by atoms with E-state index in [1.54, 1.807) is 0 Å². The van der Waals surface area contributed by atoms with E-state index in [1.807, 2.05) is 25.1 Å². The lowest BCUT2D eigenvalue weighted by Crippen LogP contribution is -2.07. The number of ether oxygens (including phenoxy) is 1. The van der Waals surface area contributed by atoms with Gasteiger partial charge in [0.15, 0.2) is 0 Å². The summed E-state index contributed by atoms with van der Waals surface area (Å²) < 4.78 is 5.39. The van der Waals surface area contributed by atoms with Gasteiger partial charge in [0.05, 0.1) is 6.61 Å². The van der Waals surface area contributed by atoms with E-state index in [1.165, 1.54) is 5.56 Å². The van der Waals surface area contributed by atoms with Gasteiger partial charge in [-0.05, 0) is 18.9 Å². The van der Waals surface area contributed by atoms with Crippen molar-refractivity contribution in [1.29, 1.82) is 0 Å². The van der Waals surface area contributed by atoms with Gasteiger partial charge in [-0.1, -0.05) is 43.2 Å². The number of Topliss-reactive ketones (excluding diaryl/α,β-unsaturated/α-hetero) is 1. The maximum atomic E-state index is 11.7. The smallest absolute Gasteiger partial charge is 0.139 e. The molecule has 17 heavy (non-hydrogen) atoms. The highest BCUT2D eigenvalue weighted by Gasteiger charge is 2.03. The molecule has 0 saturated carbocycles. The highest BCUT2D eigenvalue weighted by Crippen LogP contribution is 2.06. The molecule has 1 rings (SSSR count). The van der Waals surface area contributed by atoms with Crippen LogP contribution in [-0.4, -0.2) is 19.0 Å². The first-order chi connectivity index (χ1) is 8.22. The van der Waals surface area contributed by atoms with Crippen molar-refractivity contribution < 1.29 is 9.53 Å². The van der Waals surface area contributed by atoms with Gasteiger partial charge in [-0.3, -0.25) is 4.79 Å². The minimum atomic E-state index is 0.257. The first kappa shape index (κ1) is 13.9. The van der Waals surface area contributed by atoms with Crippen LogP contribution in [0, 0.1) is 6.92 Å².